The number of ketones is 1. The van der Waals surface area contributed by atoms with Gasteiger partial charge in [0.25, 0.3) is 0 Å². The van der Waals surface area contributed by atoms with Crippen LogP contribution < -0.4 is 9.80 Å². The second-order valence-corrected chi connectivity index (χ2v) is 11.4. The second-order valence-electron chi connectivity index (χ2n) is 11.4. The van der Waals surface area contributed by atoms with Crippen LogP contribution in [0, 0.1) is 5.92 Å². The van der Waals surface area contributed by atoms with Gasteiger partial charge in [-0.15, -0.1) is 0 Å². The van der Waals surface area contributed by atoms with Crippen molar-refractivity contribution in [1.29, 1.82) is 0 Å². The van der Waals surface area contributed by atoms with Crippen molar-refractivity contribution in [3.8, 4) is 11.3 Å². The number of fused-ring (bicyclic) bond motifs is 2. The average Bonchev–Trinajstić information content (AvgIpc) is 3.38. The van der Waals surface area contributed by atoms with Gasteiger partial charge in [0.15, 0.2) is 11.5 Å². The van der Waals surface area contributed by atoms with Gasteiger partial charge in [-0.1, -0.05) is 55.6 Å². The van der Waals surface area contributed by atoms with Crippen molar-refractivity contribution in [3.05, 3.63) is 41.5 Å². The van der Waals surface area contributed by atoms with Crippen molar-refractivity contribution in [2.75, 3.05) is 49.1 Å². The van der Waals surface area contributed by atoms with Crippen molar-refractivity contribution in [2.24, 2.45) is 5.92 Å². The summed E-state index contributed by atoms with van der Waals surface area (Å²) in [6, 6.07) is 10.9. The van der Waals surface area contributed by atoms with Gasteiger partial charge in [-0.2, -0.15) is 0 Å². The molecule has 2 aromatic carbocycles. The number of nitrogens with zero attached hydrogens (tertiary/aromatic N) is 4. The van der Waals surface area contributed by atoms with E-state index >= 15 is 0 Å². The van der Waals surface area contributed by atoms with Crippen molar-refractivity contribution >= 4 is 28.1 Å². The highest BCUT2D eigenvalue weighted by Gasteiger charge is 2.36. The van der Waals surface area contributed by atoms with Crippen LogP contribution in [0.1, 0.15) is 67.8 Å². The summed E-state index contributed by atoms with van der Waals surface area (Å²) in [4.78, 5) is 21.6. The van der Waals surface area contributed by atoms with Crippen LogP contribution in [0.5, 0.6) is 0 Å². The molecule has 36 heavy (non-hydrogen) atoms. The van der Waals surface area contributed by atoms with Crippen molar-refractivity contribution in [3.63, 3.8) is 0 Å². The van der Waals surface area contributed by atoms with Crippen LogP contribution in [0.25, 0.3) is 22.2 Å². The molecule has 7 rings (SSSR count). The Kier molecular flexibility index (Phi) is 5.53. The number of anilines is 2. The monoisotopic (exact) mass is 484 g/mol. The first-order chi connectivity index (χ1) is 17.7. The molecule has 0 spiro atoms. The summed E-state index contributed by atoms with van der Waals surface area (Å²) in [6.07, 6.45) is 9.18. The topological polar surface area (TPSA) is 52.8 Å². The Morgan fingerprint density at radius 3 is 2.28 bits per heavy atom. The molecule has 1 aromatic heterocycles. The number of aromatic nitrogens is 1. The van der Waals surface area contributed by atoms with Crippen LogP contribution in [0.2, 0.25) is 0 Å². The number of piperidine rings is 1. The molecule has 4 aliphatic rings. The highest BCUT2D eigenvalue weighted by molar-refractivity contribution is 6.28. The molecule has 1 saturated carbocycles. The van der Waals surface area contributed by atoms with E-state index in [1.807, 2.05) is 24.3 Å². The van der Waals surface area contributed by atoms with Crippen LogP contribution in [0.3, 0.4) is 0 Å². The first kappa shape index (κ1) is 22.3. The van der Waals surface area contributed by atoms with Gasteiger partial charge in [0.2, 0.25) is 0 Å². The Morgan fingerprint density at radius 2 is 1.53 bits per heavy atom. The van der Waals surface area contributed by atoms with Crippen LogP contribution in [0.15, 0.2) is 34.9 Å². The number of carbonyl (C=O) groups excluding carboxylic acids is 1. The molecule has 2 saturated heterocycles. The number of carbonyl (C=O) groups is 1. The van der Waals surface area contributed by atoms with Gasteiger partial charge in [0.05, 0.1) is 22.3 Å². The van der Waals surface area contributed by atoms with E-state index < -0.39 is 0 Å². The summed E-state index contributed by atoms with van der Waals surface area (Å²) in [5, 5.41) is 5.52. The fourth-order valence-electron chi connectivity index (χ4n) is 7.04. The highest BCUT2D eigenvalue weighted by atomic mass is 16.5. The standard InChI is InChI=1S/C30H36N4O2/c1-20-11-13-33(14-12-20)24-19-25(34-17-15-32(16-18-34)21-7-3-2-4-8-21)28-27-26(24)29(35)22-9-5-6-10-23(22)30(27)36-31-28/h5-6,9-10,19-21H,2-4,7-8,11-18H2,1H3. The van der Waals surface area contributed by atoms with Gasteiger partial charge in [-0.25, -0.2) is 0 Å². The Hall–Kier alpha value is -2.86. The maximum atomic E-state index is 13.9. The van der Waals surface area contributed by atoms with E-state index in [-0.39, 0.29) is 5.78 Å². The van der Waals surface area contributed by atoms with Crippen molar-refractivity contribution in [2.45, 2.75) is 57.9 Å². The third kappa shape index (κ3) is 3.56. The lowest BCUT2D eigenvalue weighted by atomic mass is 9.85. The van der Waals surface area contributed by atoms with E-state index in [2.05, 4.69) is 32.8 Å². The Balaban J connectivity index is 1.31. The quantitative estimate of drug-likeness (QED) is 0.370. The molecule has 0 bridgehead atoms. The first-order valence-electron chi connectivity index (χ1n) is 14.0. The predicted molar refractivity (Wildman–Crippen MR) is 144 cm³/mol. The minimum absolute atomic E-state index is 0.105. The number of hydrogen-bond acceptors (Lipinski definition) is 6. The molecule has 3 aromatic rings. The van der Waals surface area contributed by atoms with Crippen LogP contribution in [-0.2, 0) is 0 Å². The average molecular weight is 485 g/mol. The first-order valence-corrected chi connectivity index (χ1v) is 14.0. The summed E-state index contributed by atoms with van der Waals surface area (Å²) in [5.74, 6) is 1.59. The predicted octanol–water partition coefficient (Wildman–Crippen LogP) is 5.73. The molecule has 0 atom stereocenters. The van der Waals surface area contributed by atoms with Crippen molar-refractivity contribution < 1.29 is 9.32 Å². The third-order valence-corrected chi connectivity index (χ3v) is 9.23. The molecule has 0 unspecified atom stereocenters. The van der Waals surface area contributed by atoms with Gasteiger partial charge in [0, 0.05) is 56.4 Å². The Labute approximate surface area is 213 Å². The molecule has 0 amide bonds. The zero-order valence-electron chi connectivity index (χ0n) is 21.3. The van der Waals surface area contributed by atoms with Gasteiger partial charge in [-0.05, 0) is 37.7 Å². The van der Waals surface area contributed by atoms with Gasteiger partial charge in [0.1, 0.15) is 5.52 Å². The fraction of sp³-hybridized carbons (Fsp3) is 0.533. The lowest BCUT2D eigenvalue weighted by Gasteiger charge is -2.42. The zero-order chi connectivity index (χ0) is 24.2. The van der Waals surface area contributed by atoms with Gasteiger partial charge < -0.3 is 14.3 Å². The zero-order valence-corrected chi connectivity index (χ0v) is 21.3. The summed E-state index contributed by atoms with van der Waals surface area (Å²) >= 11 is 0. The molecule has 3 fully saturated rings. The van der Waals surface area contributed by atoms with Crippen LogP contribution >= 0.6 is 0 Å². The maximum absolute atomic E-state index is 13.9. The van der Waals surface area contributed by atoms with E-state index in [0.29, 0.717) is 0 Å². The molecule has 3 heterocycles. The molecular formula is C30H36N4O2. The van der Waals surface area contributed by atoms with E-state index in [1.54, 1.807) is 0 Å². The van der Waals surface area contributed by atoms with E-state index in [1.165, 1.54) is 32.1 Å². The normalized spacial score (nSPS) is 21.9. The SMILES string of the molecule is CC1CCN(c2cc(N3CCN(C4CCCCC4)CC3)c3noc4c3c2C(=O)c2ccccc2-4)CC1. The molecule has 188 valence electrons. The number of benzene rings is 2. The highest BCUT2D eigenvalue weighted by Crippen LogP contribution is 2.47. The molecule has 0 radical (unpaired) electrons. The molecule has 2 aliphatic heterocycles. The largest absolute Gasteiger partial charge is 0.371 e. The summed E-state index contributed by atoms with van der Waals surface area (Å²) in [5.41, 5.74) is 5.44. The number of piperazine rings is 1. The minimum Gasteiger partial charge on any atom is -0.371 e. The Bertz CT molecular complexity index is 1290. The smallest absolute Gasteiger partial charge is 0.196 e. The molecule has 2 aliphatic carbocycles. The molecule has 6 heteroatoms. The number of hydrogen-bond donors (Lipinski definition) is 0. The van der Waals surface area contributed by atoms with Gasteiger partial charge >= 0.3 is 0 Å². The maximum Gasteiger partial charge on any atom is 0.196 e. The fourth-order valence-corrected chi connectivity index (χ4v) is 7.04. The second kappa shape index (κ2) is 8.91. The summed E-state index contributed by atoms with van der Waals surface area (Å²) in [6.45, 7) is 8.49. The van der Waals surface area contributed by atoms with Crippen LogP contribution in [0.4, 0.5) is 11.4 Å². The van der Waals surface area contributed by atoms with E-state index in [4.69, 9.17) is 4.52 Å². The molecule has 0 N–H and O–H groups in total. The van der Waals surface area contributed by atoms with E-state index in [0.717, 1.165) is 109 Å². The minimum atomic E-state index is 0.105. The molecular weight excluding hydrogens is 448 g/mol. The van der Waals surface area contributed by atoms with Gasteiger partial charge in [-0.3, -0.25) is 9.69 Å². The molecule has 6 nitrogen and oxygen atoms in total. The van der Waals surface area contributed by atoms with Crippen molar-refractivity contribution in [1.82, 2.24) is 10.1 Å². The summed E-state index contributed by atoms with van der Waals surface area (Å²) in [7, 11) is 0. The Morgan fingerprint density at radius 1 is 0.833 bits per heavy atom. The van der Waals surface area contributed by atoms with E-state index in [9.17, 15) is 4.79 Å². The lowest BCUT2D eigenvalue weighted by molar-refractivity contribution is 0.104. The third-order valence-electron chi connectivity index (χ3n) is 9.23. The number of rotatable bonds is 3. The summed E-state index contributed by atoms with van der Waals surface area (Å²) < 4.78 is 6.02. The lowest BCUT2D eigenvalue weighted by Crippen LogP contribution is -2.51. The van der Waals surface area contributed by atoms with Crippen LogP contribution in [-0.4, -0.2) is 61.2 Å².